The average molecular weight is 506 g/mol. The maximum absolute atomic E-state index is 14.2. The Morgan fingerprint density at radius 3 is 2.81 bits per heavy atom. The standard InChI is InChI=1S/C20H14BrF2N5O2S/c21-11-6-13-14(30-9-29-13)7-15(11)31-20-27-17-18(24)25-8-26-19(17)28(20)5-4-10-2-1-3-12(22)16(10)23/h1-3,6-8H,4-5,9H2,(H2,24,25,26). The van der Waals surface area contributed by atoms with E-state index in [2.05, 4.69) is 30.9 Å². The molecule has 5 rings (SSSR count). The smallest absolute Gasteiger partial charge is 0.231 e. The number of hydrogen-bond acceptors (Lipinski definition) is 7. The fourth-order valence-corrected chi connectivity index (χ4v) is 4.77. The quantitative estimate of drug-likeness (QED) is 0.424. The van der Waals surface area contributed by atoms with Crippen LogP contribution in [0.2, 0.25) is 0 Å². The van der Waals surface area contributed by atoms with Crippen molar-refractivity contribution >= 4 is 44.7 Å². The molecule has 0 atom stereocenters. The second kappa shape index (κ2) is 7.97. The number of nitrogens with two attached hydrogens (primary N) is 1. The topological polar surface area (TPSA) is 88.1 Å². The molecule has 0 fully saturated rings. The van der Waals surface area contributed by atoms with Crippen LogP contribution < -0.4 is 15.2 Å². The highest BCUT2D eigenvalue weighted by molar-refractivity contribution is 9.10. The van der Waals surface area contributed by atoms with Crippen molar-refractivity contribution in [1.82, 2.24) is 19.5 Å². The maximum atomic E-state index is 14.2. The molecule has 4 aromatic rings. The third-order valence-electron chi connectivity index (χ3n) is 4.79. The van der Waals surface area contributed by atoms with Crippen LogP contribution in [0.1, 0.15) is 5.56 Å². The molecule has 0 amide bonds. The number of aryl methyl sites for hydroxylation is 2. The first kappa shape index (κ1) is 20.0. The zero-order chi connectivity index (χ0) is 21.5. The summed E-state index contributed by atoms with van der Waals surface area (Å²) in [6, 6.07) is 7.81. The van der Waals surface area contributed by atoms with Gasteiger partial charge in [0.25, 0.3) is 0 Å². The predicted octanol–water partition coefficient (Wildman–Crippen LogP) is 4.57. The van der Waals surface area contributed by atoms with Gasteiger partial charge in [-0.05, 0) is 46.1 Å². The van der Waals surface area contributed by atoms with Crippen LogP contribution in [0, 0.1) is 11.6 Å². The molecular weight excluding hydrogens is 492 g/mol. The van der Waals surface area contributed by atoms with Crippen LogP contribution >= 0.6 is 27.7 Å². The number of ether oxygens (including phenoxy) is 2. The lowest BCUT2D eigenvalue weighted by Crippen LogP contribution is -2.06. The van der Waals surface area contributed by atoms with E-state index in [0.29, 0.717) is 34.4 Å². The largest absolute Gasteiger partial charge is 0.454 e. The van der Waals surface area contributed by atoms with Gasteiger partial charge in [0.15, 0.2) is 45.3 Å². The lowest BCUT2D eigenvalue weighted by atomic mass is 10.1. The van der Waals surface area contributed by atoms with E-state index >= 15 is 0 Å². The van der Waals surface area contributed by atoms with Crippen LogP contribution in [0.5, 0.6) is 11.5 Å². The number of imidazole rings is 1. The number of fused-ring (bicyclic) bond motifs is 2. The predicted molar refractivity (Wildman–Crippen MR) is 114 cm³/mol. The zero-order valence-corrected chi connectivity index (χ0v) is 18.2. The summed E-state index contributed by atoms with van der Waals surface area (Å²) < 4.78 is 41.2. The Kier molecular flexibility index (Phi) is 5.14. The number of nitrogens with zero attached hydrogens (tertiary/aromatic N) is 4. The van der Waals surface area contributed by atoms with Gasteiger partial charge in [-0.25, -0.2) is 23.7 Å². The van der Waals surface area contributed by atoms with Crippen LogP contribution in [0.15, 0.2) is 51.2 Å². The lowest BCUT2D eigenvalue weighted by molar-refractivity contribution is 0.174. The van der Waals surface area contributed by atoms with Gasteiger partial charge in [-0.3, -0.25) is 0 Å². The molecule has 0 aliphatic carbocycles. The summed E-state index contributed by atoms with van der Waals surface area (Å²) in [7, 11) is 0. The Balaban J connectivity index is 1.53. The van der Waals surface area contributed by atoms with E-state index in [1.54, 1.807) is 6.07 Å². The highest BCUT2D eigenvalue weighted by Gasteiger charge is 2.21. The van der Waals surface area contributed by atoms with Crippen molar-refractivity contribution in [3.63, 3.8) is 0 Å². The minimum atomic E-state index is -0.876. The first-order valence-electron chi connectivity index (χ1n) is 9.18. The Bertz CT molecular complexity index is 1320. The molecule has 0 spiro atoms. The van der Waals surface area contributed by atoms with Crippen LogP contribution in [-0.4, -0.2) is 26.3 Å². The van der Waals surface area contributed by atoms with Gasteiger partial charge in [-0.1, -0.05) is 23.9 Å². The van der Waals surface area contributed by atoms with E-state index in [-0.39, 0.29) is 24.6 Å². The van der Waals surface area contributed by atoms with Gasteiger partial charge in [0.1, 0.15) is 6.33 Å². The number of nitrogen functional groups attached to an aromatic ring is 1. The zero-order valence-electron chi connectivity index (χ0n) is 15.8. The molecule has 1 aliphatic rings. The average Bonchev–Trinajstić information content (AvgIpc) is 3.34. The third kappa shape index (κ3) is 3.68. The number of anilines is 1. The molecule has 11 heteroatoms. The highest BCUT2D eigenvalue weighted by atomic mass is 79.9. The van der Waals surface area contributed by atoms with Crippen molar-refractivity contribution in [2.75, 3.05) is 12.5 Å². The fraction of sp³-hybridized carbons (Fsp3) is 0.150. The lowest BCUT2D eigenvalue weighted by Gasteiger charge is -2.10. The van der Waals surface area contributed by atoms with Crippen molar-refractivity contribution < 1.29 is 18.3 Å². The monoisotopic (exact) mass is 505 g/mol. The van der Waals surface area contributed by atoms with Gasteiger partial charge in [0, 0.05) is 15.9 Å². The number of aromatic nitrogens is 4. The second-order valence-electron chi connectivity index (χ2n) is 6.68. The Morgan fingerprint density at radius 2 is 1.97 bits per heavy atom. The van der Waals surface area contributed by atoms with E-state index in [1.807, 2.05) is 16.7 Å². The number of rotatable bonds is 5. The van der Waals surface area contributed by atoms with E-state index < -0.39 is 11.6 Å². The van der Waals surface area contributed by atoms with Gasteiger partial charge in [0.05, 0.1) is 0 Å². The molecule has 7 nitrogen and oxygen atoms in total. The van der Waals surface area contributed by atoms with Gasteiger partial charge >= 0.3 is 0 Å². The van der Waals surface area contributed by atoms with E-state index in [1.165, 1.54) is 24.2 Å². The first-order valence-corrected chi connectivity index (χ1v) is 10.8. The molecule has 0 saturated heterocycles. The molecule has 1 aliphatic heterocycles. The molecule has 0 bridgehead atoms. The van der Waals surface area contributed by atoms with Crippen LogP contribution in [-0.2, 0) is 13.0 Å². The van der Waals surface area contributed by atoms with Crippen LogP contribution in [0.4, 0.5) is 14.6 Å². The number of hydrogen-bond donors (Lipinski definition) is 1. The summed E-state index contributed by atoms with van der Waals surface area (Å²) >= 11 is 4.91. The van der Waals surface area contributed by atoms with E-state index in [0.717, 1.165) is 15.4 Å². The van der Waals surface area contributed by atoms with Crippen molar-refractivity contribution in [3.8, 4) is 11.5 Å². The molecule has 0 saturated carbocycles. The SMILES string of the molecule is Nc1ncnc2c1nc(Sc1cc3c(cc1Br)OCO3)n2CCc1cccc(F)c1F. The van der Waals surface area contributed by atoms with Crippen molar-refractivity contribution in [2.24, 2.45) is 0 Å². The minimum Gasteiger partial charge on any atom is -0.454 e. The molecule has 31 heavy (non-hydrogen) atoms. The first-order chi connectivity index (χ1) is 15.0. The summed E-state index contributed by atoms with van der Waals surface area (Å²) in [5.41, 5.74) is 7.23. The van der Waals surface area contributed by atoms with Gasteiger partial charge in [-0.2, -0.15) is 0 Å². The summed E-state index contributed by atoms with van der Waals surface area (Å²) in [5, 5.41) is 0.582. The normalized spacial score (nSPS) is 12.6. The molecule has 2 aromatic heterocycles. The van der Waals surface area contributed by atoms with E-state index in [4.69, 9.17) is 15.2 Å². The summed E-state index contributed by atoms with van der Waals surface area (Å²) in [4.78, 5) is 13.8. The van der Waals surface area contributed by atoms with Gasteiger partial charge in [-0.15, -0.1) is 0 Å². The van der Waals surface area contributed by atoms with Crippen molar-refractivity contribution in [3.05, 3.63) is 58.3 Å². The summed E-state index contributed by atoms with van der Waals surface area (Å²) in [6.07, 6.45) is 1.60. The number of benzene rings is 2. The van der Waals surface area contributed by atoms with Crippen LogP contribution in [0.3, 0.4) is 0 Å². The molecule has 2 aromatic carbocycles. The maximum Gasteiger partial charge on any atom is 0.231 e. The molecule has 3 heterocycles. The number of halogens is 3. The summed E-state index contributed by atoms with van der Waals surface area (Å²) in [6.45, 7) is 0.484. The Morgan fingerprint density at radius 1 is 1.16 bits per heavy atom. The third-order valence-corrected chi connectivity index (χ3v) is 6.76. The second-order valence-corrected chi connectivity index (χ2v) is 8.54. The fourth-order valence-electron chi connectivity index (χ4n) is 3.26. The van der Waals surface area contributed by atoms with Crippen molar-refractivity contribution in [1.29, 1.82) is 0 Å². The molecule has 0 unspecified atom stereocenters. The van der Waals surface area contributed by atoms with Gasteiger partial charge < -0.3 is 19.8 Å². The van der Waals surface area contributed by atoms with Crippen LogP contribution in [0.25, 0.3) is 11.2 Å². The molecule has 2 N–H and O–H groups in total. The molecule has 158 valence electrons. The van der Waals surface area contributed by atoms with Gasteiger partial charge in [0.2, 0.25) is 6.79 Å². The molecule has 0 radical (unpaired) electrons. The molecular formula is C20H14BrF2N5O2S. The highest BCUT2D eigenvalue weighted by Crippen LogP contribution is 2.43. The summed E-state index contributed by atoms with van der Waals surface area (Å²) in [5.74, 6) is -0.199. The van der Waals surface area contributed by atoms with E-state index in [9.17, 15) is 8.78 Å². The Labute approximate surface area is 187 Å². The Hall–Kier alpha value is -2.92. The minimum absolute atomic E-state index is 0.166. The van der Waals surface area contributed by atoms with Crippen molar-refractivity contribution in [2.45, 2.75) is 23.0 Å².